The normalized spacial score (nSPS) is 12.4. The molecule has 0 amide bonds. The molecule has 7 heterocycles. The van der Waals surface area contributed by atoms with E-state index < -0.39 is 0 Å². The highest BCUT2D eigenvalue weighted by atomic mass is 15.1. The summed E-state index contributed by atoms with van der Waals surface area (Å²) in [5.41, 5.74) is 5.39. The molecule has 6 aromatic rings. The van der Waals surface area contributed by atoms with Gasteiger partial charge in [-0.25, -0.2) is 15.0 Å². The van der Waals surface area contributed by atoms with Gasteiger partial charge in [0.1, 0.15) is 28.5 Å². The van der Waals surface area contributed by atoms with Crippen LogP contribution in [0.3, 0.4) is 0 Å². The van der Waals surface area contributed by atoms with Crippen molar-refractivity contribution < 1.29 is 0 Å². The third-order valence-corrected chi connectivity index (χ3v) is 6.00. The van der Waals surface area contributed by atoms with Crippen molar-refractivity contribution in [3.8, 4) is 34.6 Å². The molecule has 0 aliphatic carbocycles. The molecule has 7 rings (SSSR count). The molecule has 0 saturated heterocycles. The van der Waals surface area contributed by atoms with Crippen LogP contribution in [0.25, 0.3) is 34.6 Å². The first-order valence-electron chi connectivity index (χ1n) is 13.3. The molecule has 0 saturated carbocycles. The summed E-state index contributed by atoms with van der Waals surface area (Å²) in [5.74, 6) is 1.48. The number of rotatable bonds is 5. The summed E-state index contributed by atoms with van der Waals surface area (Å²) in [6.45, 7) is 1.42. The number of pyridine rings is 5. The van der Waals surface area contributed by atoms with Crippen molar-refractivity contribution >= 4 is 11.4 Å². The van der Waals surface area contributed by atoms with Crippen LogP contribution in [-0.2, 0) is 0 Å². The van der Waals surface area contributed by atoms with Gasteiger partial charge in [0.2, 0.25) is 0 Å². The van der Waals surface area contributed by atoms with E-state index in [1.54, 1.807) is 31.0 Å². The SMILES string of the molecule is c1ccc(-c2nc(-c3ccccn3)nc(-c3ccccn3)n2)nc1.c1ccc(C2=NCCN=C2c2ccccn2)nc1. The van der Waals surface area contributed by atoms with Crippen molar-refractivity contribution in [3.05, 3.63) is 133 Å². The van der Waals surface area contributed by atoms with E-state index in [1.165, 1.54) is 0 Å². The molecule has 0 unspecified atom stereocenters. The van der Waals surface area contributed by atoms with Crippen molar-refractivity contribution in [2.45, 2.75) is 0 Å². The number of aliphatic imine (C=N–C) groups is 2. The van der Waals surface area contributed by atoms with E-state index in [9.17, 15) is 0 Å². The molecule has 0 radical (unpaired) electrons. The Morgan fingerprint density at radius 1 is 0.333 bits per heavy atom. The Balaban J connectivity index is 0.000000157. The first-order chi connectivity index (χ1) is 20.8. The van der Waals surface area contributed by atoms with E-state index in [2.05, 4.69) is 49.9 Å². The highest BCUT2D eigenvalue weighted by Crippen LogP contribution is 2.21. The Labute approximate surface area is 242 Å². The van der Waals surface area contributed by atoms with Gasteiger partial charge in [-0.05, 0) is 60.7 Å². The summed E-state index contributed by atoms with van der Waals surface area (Å²) < 4.78 is 0. The largest absolute Gasteiger partial charge is 0.279 e. The number of nitrogens with zero attached hydrogens (tertiary/aromatic N) is 10. The highest BCUT2D eigenvalue weighted by molar-refractivity contribution is 6.53. The Morgan fingerprint density at radius 2 is 0.619 bits per heavy atom. The zero-order valence-corrected chi connectivity index (χ0v) is 22.4. The average molecular weight is 549 g/mol. The van der Waals surface area contributed by atoms with E-state index in [-0.39, 0.29) is 0 Å². The summed E-state index contributed by atoms with van der Waals surface area (Å²) in [6, 6.07) is 28.4. The topological polar surface area (TPSA) is 128 Å². The zero-order valence-electron chi connectivity index (χ0n) is 22.4. The van der Waals surface area contributed by atoms with Crippen molar-refractivity contribution in [1.82, 2.24) is 39.9 Å². The van der Waals surface area contributed by atoms with Gasteiger partial charge in [-0.3, -0.25) is 34.9 Å². The molecule has 0 spiro atoms. The number of hydrogen-bond donors (Lipinski definition) is 0. The lowest BCUT2D eigenvalue weighted by Crippen LogP contribution is -2.24. The lowest BCUT2D eigenvalue weighted by atomic mass is 10.1. The van der Waals surface area contributed by atoms with Crippen molar-refractivity contribution in [2.75, 3.05) is 13.1 Å². The maximum absolute atomic E-state index is 4.54. The predicted octanol–water partition coefficient (Wildman–Crippen LogP) is 4.83. The van der Waals surface area contributed by atoms with Crippen LogP contribution in [0.4, 0.5) is 0 Å². The van der Waals surface area contributed by atoms with Crippen LogP contribution in [0.15, 0.2) is 132 Å². The molecule has 0 bridgehead atoms. The predicted molar refractivity (Wildman–Crippen MR) is 161 cm³/mol. The van der Waals surface area contributed by atoms with Gasteiger partial charge in [-0.1, -0.05) is 30.3 Å². The minimum absolute atomic E-state index is 0.493. The highest BCUT2D eigenvalue weighted by Gasteiger charge is 2.18. The van der Waals surface area contributed by atoms with E-state index >= 15 is 0 Å². The van der Waals surface area contributed by atoms with Crippen molar-refractivity contribution in [2.24, 2.45) is 9.98 Å². The van der Waals surface area contributed by atoms with Gasteiger partial charge < -0.3 is 0 Å². The van der Waals surface area contributed by atoms with Gasteiger partial charge in [0.15, 0.2) is 17.5 Å². The molecule has 42 heavy (non-hydrogen) atoms. The lowest BCUT2D eigenvalue weighted by Gasteiger charge is -2.13. The third-order valence-electron chi connectivity index (χ3n) is 6.00. The van der Waals surface area contributed by atoms with Crippen LogP contribution in [0.5, 0.6) is 0 Å². The maximum atomic E-state index is 4.54. The Bertz CT molecular complexity index is 1600. The van der Waals surface area contributed by atoms with Crippen LogP contribution >= 0.6 is 0 Å². The Morgan fingerprint density at radius 3 is 0.881 bits per heavy atom. The Kier molecular flexibility index (Phi) is 8.13. The second-order valence-corrected chi connectivity index (χ2v) is 8.84. The van der Waals surface area contributed by atoms with Crippen LogP contribution in [0, 0.1) is 0 Å². The molecular formula is C32H24N10. The standard InChI is InChI=1S/C18H12N6.C14H12N4/c1-4-10-19-13(7-1)16-22-17(14-8-2-5-11-20-14)24-18(23-16)15-9-3-6-12-21-15;1-3-7-15-11(5-1)13-14(18-10-9-17-13)12-6-2-4-8-16-12/h1-12H;1-8H,9-10H2. The molecule has 202 valence electrons. The Hall–Kier alpha value is -5.90. The van der Waals surface area contributed by atoms with E-state index in [4.69, 9.17) is 0 Å². The van der Waals surface area contributed by atoms with Crippen LogP contribution < -0.4 is 0 Å². The monoisotopic (exact) mass is 548 g/mol. The average Bonchev–Trinajstić information content (AvgIpc) is 3.10. The zero-order chi connectivity index (χ0) is 28.4. The molecule has 0 fully saturated rings. The third kappa shape index (κ3) is 6.28. The van der Waals surface area contributed by atoms with Crippen molar-refractivity contribution in [1.29, 1.82) is 0 Å². The van der Waals surface area contributed by atoms with Gasteiger partial charge in [-0.15, -0.1) is 0 Å². The molecule has 1 aliphatic heterocycles. The minimum Gasteiger partial charge on any atom is -0.279 e. The summed E-state index contributed by atoms with van der Waals surface area (Å²) >= 11 is 0. The molecule has 0 atom stereocenters. The molecule has 0 aromatic carbocycles. The fourth-order valence-corrected chi connectivity index (χ4v) is 4.09. The van der Waals surface area contributed by atoms with Crippen molar-refractivity contribution in [3.63, 3.8) is 0 Å². The van der Waals surface area contributed by atoms with Gasteiger partial charge >= 0.3 is 0 Å². The van der Waals surface area contributed by atoms with Gasteiger partial charge in [-0.2, -0.15) is 0 Å². The van der Waals surface area contributed by atoms with E-state index in [1.807, 2.05) is 91.0 Å². The molecule has 1 aliphatic rings. The fraction of sp³-hybridized carbons (Fsp3) is 0.0625. The summed E-state index contributed by atoms with van der Waals surface area (Å²) in [4.78, 5) is 44.3. The smallest absolute Gasteiger partial charge is 0.182 e. The second kappa shape index (κ2) is 13.0. The van der Waals surface area contributed by atoms with Gasteiger partial charge in [0, 0.05) is 31.0 Å². The summed E-state index contributed by atoms with van der Waals surface area (Å²) in [7, 11) is 0. The summed E-state index contributed by atoms with van der Waals surface area (Å²) in [5, 5.41) is 0. The fourth-order valence-electron chi connectivity index (χ4n) is 4.09. The quantitative estimate of drug-likeness (QED) is 0.300. The summed E-state index contributed by atoms with van der Waals surface area (Å²) in [6.07, 6.45) is 8.66. The lowest BCUT2D eigenvalue weighted by molar-refractivity contribution is 0.959. The van der Waals surface area contributed by atoms with Crippen LogP contribution in [0.2, 0.25) is 0 Å². The molecule has 10 heteroatoms. The van der Waals surface area contributed by atoms with Gasteiger partial charge in [0.05, 0.1) is 24.5 Å². The minimum atomic E-state index is 0.493. The maximum Gasteiger partial charge on any atom is 0.182 e. The molecule has 10 nitrogen and oxygen atoms in total. The van der Waals surface area contributed by atoms with Gasteiger partial charge in [0.25, 0.3) is 0 Å². The second-order valence-electron chi connectivity index (χ2n) is 8.84. The van der Waals surface area contributed by atoms with E-state index in [0.29, 0.717) is 47.6 Å². The van der Waals surface area contributed by atoms with E-state index in [0.717, 1.165) is 22.8 Å². The first-order valence-corrected chi connectivity index (χ1v) is 13.3. The molecule has 6 aromatic heterocycles. The van der Waals surface area contributed by atoms with Crippen LogP contribution in [0.1, 0.15) is 11.4 Å². The molecular weight excluding hydrogens is 524 g/mol. The first kappa shape index (κ1) is 26.3. The van der Waals surface area contributed by atoms with Crippen LogP contribution in [-0.4, -0.2) is 64.4 Å². The number of hydrogen-bond acceptors (Lipinski definition) is 10. The molecule has 0 N–H and O–H groups in total. The number of aromatic nitrogens is 8.